The van der Waals surface area contributed by atoms with E-state index in [1.54, 1.807) is 0 Å². The van der Waals surface area contributed by atoms with E-state index in [9.17, 15) is 5.11 Å². The van der Waals surface area contributed by atoms with Crippen molar-refractivity contribution in [3.63, 3.8) is 0 Å². The van der Waals surface area contributed by atoms with E-state index >= 15 is 0 Å². The molecule has 1 N–H and O–H groups in total. The first-order valence-corrected chi connectivity index (χ1v) is 8.31. The molecule has 0 aliphatic heterocycles. The Bertz CT molecular complexity index is 755. The fourth-order valence-electron chi connectivity index (χ4n) is 2.88. The van der Waals surface area contributed by atoms with Gasteiger partial charge in [-0.1, -0.05) is 72.8 Å². The van der Waals surface area contributed by atoms with Crippen LogP contribution in [-0.2, 0) is 6.54 Å². The highest BCUT2D eigenvalue weighted by Crippen LogP contribution is 2.23. The summed E-state index contributed by atoms with van der Waals surface area (Å²) in [5.41, 5.74) is 4.54. The number of hydrogen-bond acceptors (Lipinski definition) is 2. The molecule has 0 radical (unpaired) electrons. The Labute approximate surface area is 144 Å². The second-order valence-electron chi connectivity index (χ2n) is 6.13. The van der Waals surface area contributed by atoms with Gasteiger partial charge in [-0.3, -0.25) is 0 Å². The smallest absolute Gasteiger partial charge is 0.0964 e. The molecule has 0 saturated heterocycles. The van der Waals surface area contributed by atoms with Gasteiger partial charge in [0.25, 0.3) is 0 Å². The Kier molecular flexibility index (Phi) is 5.29. The number of nitrogens with zero attached hydrogens (tertiary/aromatic N) is 1. The fraction of sp³-hybridized carbons (Fsp3) is 0.182. The molecule has 1 atom stereocenters. The van der Waals surface area contributed by atoms with Crippen LogP contribution in [0.3, 0.4) is 0 Å². The Balaban J connectivity index is 1.84. The fourth-order valence-corrected chi connectivity index (χ4v) is 2.88. The first-order chi connectivity index (χ1) is 11.7. The molecule has 0 bridgehead atoms. The van der Waals surface area contributed by atoms with Crippen molar-refractivity contribution in [2.75, 3.05) is 11.4 Å². The first kappa shape index (κ1) is 16.3. The van der Waals surface area contributed by atoms with Crippen molar-refractivity contribution in [2.24, 2.45) is 0 Å². The van der Waals surface area contributed by atoms with Crippen LogP contribution in [0.15, 0.2) is 84.9 Å². The van der Waals surface area contributed by atoms with E-state index in [4.69, 9.17) is 0 Å². The third-order valence-corrected chi connectivity index (χ3v) is 4.16. The van der Waals surface area contributed by atoms with Crippen molar-refractivity contribution in [3.05, 3.63) is 102 Å². The van der Waals surface area contributed by atoms with Crippen LogP contribution in [0.1, 0.15) is 22.8 Å². The minimum atomic E-state index is -0.518. The molecule has 1 unspecified atom stereocenters. The molecule has 0 spiro atoms. The largest absolute Gasteiger partial charge is 0.387 e. The third kappa shape index (κ3) is 4.24. The number of aliphatic hydroxyl groups excluding tert-OH is 1. The molecule has 3 rings (SSSR count). The van der Waals surface area contributed by atoms with Crippen molar-refractivity contribution in [3.8, 4) is 0 Å². The normalized spacial score (nSPS) is 11.9. The summed E-state index contributed by atoms with van der Waals surface area (Å²) < 4.78 is 0. The summed E-state index contributed by atoms with van der Waals surface area (Å²) in [6.07, 6.45) is -0.518. The van der Waals surface area contributed by atoms with Gasteiger partial charge in [-0.25, -0.2) is 0 Å². The highest BCUT2D eigenvalue weighted by molar-refractivity contribution is 5.49. The van der Waals surface area contributed by atoms with Crippen LogP contribution < -0.4 is 4.90 Å². The lowest BCUT2D eigenvalue weighted by molar-refractivity contribution is 0.183. The maximum atomic E-state index is 10.7. The van der Waals surface area contributed by atoms with Gasteiger partial charge in [-0.05, 0) is 35.7 Å². The molecule has 0 aliphatic carbocycles. The van der Waals surface area contributed by atoms with Crippen LogP contribution in [0.4, 0.5) is 5.69 Å². The number of benzene rings is 3. The average molecular weight is 317 g/mol. The molecule has 0 heterocycles. The van der Waals surface area contributed by atoms with Gasteiger partial charge in [0.2, 0.25) is 0 Å². The summed E-state index contributed by atoms with van der Waals surface area (Å²) in [5.74, 6) is 0. The second-order valence-corrected chi connectivity index (χ2v) is 6.13. The van der Waals surface area contributed by atoms with Gasteiger partial charge in [0.1, 0.15) is 0 Å². The number of aliphatic hydroxyl groups is 1. The van der Waals surface area contributed by atoms with E-state index in [0.29, 0.717) is 6.54 Å². The van der Waals surface area contributed by atoms with Gasteiger partial charge in [-0.2, -0.15) is 0 Å². The Hall–Kier alpha value is -2.58. The van der Waals surface area contributed by atoms with Crippen molar-refractivity contribution in [1.82, 2.24) is 0 Å². The maximum absolute atomic E-state index is 10.7. The Morgan fingerprint density at radius 3 is 2.17 bits per heavy atom. The number of aryl methyl sites for hydroxylation is 1. The molecular weight excluding hydrogens is 294 g/mol. The molecule has 2 heteroatoms. The minimum absolute atomic E-state index is 0.518. The highest BCUT2D eigenvalue weighted by Gasteiger charge is 2.15. The van der Waals surface area contributed by atoms with Gasteiger partial charge in [0.05, 0.1) is 6.10 Å². The SMILES string of the molecule is Cc1cccc(N(Cc2ccccc2)CC(O)c2ccccc2)c1. The summed E-state index contributed by atoms with van der Waals surface area (Å²) >= 11 is 0. The monoisotopic (exact) mass is 317 g/mol. The molecular formula is C22H23NO. The molecule has 24 heavy (non-hydrogen) atoms. The van der Waals surface area contributed by atoms with Crippen LogP contribution in [-0.4, -0.2) is 11.7 Å². The van der Waals surface area contributed by atoms with E-state index in [2.05, 4.69) is 60.4 Å². The van der Waals surface area contributed by atoms with Gasteiger partial charge in [0.15, 0.2) is 0 Å². The summed E-state index contributed by atoms with van der Waals surface area (Å²) in [4.78, 5) is 2.24. The number of anilines is 1. The van der Waals surface area contributed by atoms with Crippen LogP contribution in [0.5, 0.6) is 0 Å². The molecule has 0 aliphatic rings. The summed E-state index contributed by atoms with van der Waals surface area (Å²) in [5, 5.41) is 10.7. The maximum Gasteiger partial charge on any atom is 0.0964 e. The zero-order chi connectivity index (χ0) is 16.8. The molecule has 0 saturated carbocycles. The summed E-state index contributed by atoms with van der Waals surface area (Å²) in [7, 11) is 0. The summed E-state index contributed by atoms with van der Waals surface area (Å²) in [6.45, 7) is 3.42. The van der Waals surface area contributed by atoms with Crippen molar-refractivity contribution < 1.29 is 5.11 Å². The quantitative estimate of drug-likeness (QED) is 0.710. The minimum Gasteiger partial charge on any atom is -0.387 e. The number of rotatable bonds is 6. The van der Waals surface area contributed by atoms with E-state index in [1.165, 1.54) is 11.1 Å². The molecule has 3 aromatic rings. The lowest BCUT2D eigenvalue weighted by Gasteiger charge is -2.28. The second kappa shape index (κ2) is 7.80. The molecule has 0 amide bonds. The van der Waals surface area contributed by atoms with Crippen molar-refractivity contribution >= 4 is 5.69 Å². The number of hydrogen-bond donors (Lipinski definition) is 1. The van der Waals surface area contributed by atoms with Crippen LogP contribution in [0.2, 0.25) is 0 Å². The topological polar surface area (TPSA) is 23.5 Å². The lowest BCUT2D eigenvalue weighted by atomic mass is 10.1. The van der Waals surface area contributed by atoms with Crippen LogP contribution in [0, 0.1) is 6.92 Å². The van der Waals surface area contributed by atoms with Gasteiger partial charge in [0, 0.05) is 18.8 Å². The molecule has 0 aromatic heterocycles. The summed E-state index contributed by atoms with van der Waals surface area (Å²) in [6, 6.07) is 28.7. The molecule has 2 nitrogen and oxygen atoms in total. The standard InChI is InChI=1S/C22H23NO/c1-18-9-8-14-21(15-18)23(16-19-10-4-2-5-11-19)17-22(24)20-12-6-3-7-13-20/h2-15,22,24H,16-17H2,1H3. The Morgan fingerprint density at radius 2 is 1.50 bits per heavy atom. The van der Waals surface area contributed by atoms with E-state index in [1.807, 2.05) is 36.4 Å². The molecule has 122 valence electrons. The lowest BCUT2D eigenvalue weighted by Crippen LogP contribution is -2.28. The van der Waals surface area contributed by atoms with E-state index in [-0.39, 0.29) is 0 Å². The predicted octanol–water partition coefficient (Wildman–Crippen LogP) is 4.74. The molecule has 0 fully saturated rings. The molecule has 3 aromatic carbocycles. The average Bonchev–Trinajstić information content (AvgIpc) is 2.63. The highest BCUT2D eigenvalue weighted by atomic mass is 16.3. The third-order valence-electron chi connectivity index (χ3n) is 4.16. The van der Waals surface area contributed by atoms with Gasteiger partial charge < -0.3 is 10.0 Å². The van der Waals surface area contributed by atoms with Gasteiger partial charge >= 0.3 is 0 Å². The van der Waals surface area contributed by atoms with Crippen LogP contribution >= 0.6 is 0 Å². The van der Waals surface area contributed by atoms with Crippen LogP contribution in [0.25, 0.3) is 0 Å². The first-order valence-electron chi connectivity index (χ1n) is 8.31. The van der Waals surface area contributed by atoms with Crippen molar-refractivity contribution in [1.29, 1.82) is 0 Å². The van der Waals surface area contributed by atoms with E-state index < -0.39 is 6.10 Å². The van der Waals surface area contributed by atoms with E-state index in [0.717, 1.165) is 17.8 Å². The van der Waals surface area contributed by atoms with Gasteiger partial charge in [-0.15, -0.1) is 0 Å². The zero-order valence-corrected chi connectivity index (χ0v) is 14.0. The predicted molar refractivity (Wildman–Crippen MR) is 100 cm³/mol. The zero-order valence-electron chi connectivity index (χ0n) is 14.0. The Morgan fingerprint density at radius 1 is 0.833 bits per heavy atom. The van der Waals surface area contributed by atoms with Crippen molar-refractivity contribution in [2.45, 2.75) is 19.6 Å².